The molecule has 1 aliphatic carbocycles. The first-order valence-electron chi connectivity index (χ1n) is 3.81. The van der Waals surface area contributed by atoms with Gasteiger partial charge in [-0.15, -0.1) is 0 Å². The van der Waals surface area contributed by atoms with Crippen molar-refractivity contribution in [2.45, 2.75) is 31.4 Å². The number of aliphatic hydroxyl groups is 1. The van der Waals surface area contributed by atoms with E-state index in [1.807, 2.05) is 0 Å². The van der Waals surface area contributed by atoms with E-state index < -0.39 is 0 Å². The highest BCUT2D eigenvalue weighted by molar-refractivity contribution is 4.77. The number of rotatable bonds is 3. The van der Waals surface area contributed by atoms with E-state index in [1.165, 1.54) is 0 Å². The highest BCUT2D eigenvalue weighted by Gasteiger charge is 2.21. The summed E-state index contributed by atoms with van der Waals surface area (Å²) in [6.07, 6.45) is 3.39. The molecular weight excluding hydrogens is 130 g/mol. The van der Waals surface area contributed by atoms with Crippen molar-refractivity contribution in [1.82, 2.24) is 0 Å². The summed E-state index contributed by atoms with van der Waals surface area (Å²) < 4.78 is 5.29. The molecule has 1 aliphatic rings. The van der Waals surface area contributed by atoms with Crippen LogP contribution in [0, 0.1) is 0 Å². The zero-order chi connectivity index (χ0) is 7.40. The van der Waals surface area contributed by atoms with Gasteiger partial charge in [-0.05, 0) is 19.3 Å². The van der Waals surface area contributed by atoms with E-state index in [1.54, 1.807) is 0 Å². The van der Waals surface area contributed by atoms with E-state index in [9.17, 15) is 0 Å². The van der Waals surface area contributed by atoms with Crippen molar-refractivity contribution in [3.05, 3.63) is 0 Å². The molecule has 10 heavy (non-hydrogen) atoms. The van der Waals surface area contributed by atoms with E-state index in [2.05, 4.69) is 0 Å². The third-order valence-electron chi connectivity index (χ3n) is 1.87. The summed E-state index contributed by atoms with van der Waals surface area (Å²) in [6, 6.07) is 0.323. The molecule has 0 radical (unpaired) electrons. The highest BCUT2D eigenvalue weighted by Crippen LogP contribution is 2.19. The Hall–Kier alpha value is -0.120. The second-order valence-corrected chi connectivity index (χ2v) is 2.79. The SMILES string of the molecule is NC1CC[C@@H](OCCO)C1. The maximum absolute atomic E-state index is 8.44. The fourth-order valence-electron chi connectivity index (χ4n) is 1.34. The molecule has 3 N–H and O–H groups in total. The minimum Gasteiger partial charge on any atom is -0.394 e. The average Bonchev–Trinajstić information content (AvgIpc) is 2.31. The Morgan fingerprint density at radius 3 is 2.80 bits per heavy atom. The number of hydrogen-bond acceptors (Lipinski definition) is 3. The molecule has 0 aliphatic heterocycles. The summed E-state index contributed by atoms with van der Waals surface area (Å²) in [4.78, 5) is 0. The van der Waals surface area contributed by atoms with Crippen LogP contribution < -0.4 is 5.73 Å². The lowest BCUT2D eigenvalue weighted by molar-refractivity contribution is 0.0324. The molecule has 60 valence electrons. The van der Waals surface area contributed by atoms with E-state index in [-0.39, 0.29) is 6.61 Å². The first-order chi connectivity index (χ1) is 4.83. The van der Waals surface area contributed by atoms with Gasteiger partial charge in [-0.1, -0.05) is 0 Å². The molecule has 0 aromatic heterocycles. The molecule has 0 spiro atoms. The van der Waals surface area contributed by atoms with Crippen LogP contribution in [0.1, 0.15) is 19.3 Å². The smallest absolute Gasteiger partial charge is 0.0701 e. The predicted molar refractivity (Wildman–Crippen MR) is 38.7 cm³/mol. The molecule has 1 saturated carbocycles. The topological polar surface area (TPSA) is 55.5 Å². The van der Waals surface area contributed by atoms with Crippen molar-refractivity contribution < 1.29 is 9.84 Å². The fourth-order valence-corrected chi connectivity index (χ4v) is 1.34. The summed E-state index contributed by atoms with van der Waals surface area (Å²) in [5.74, 6) is 0. The van der Waals surface area contributed by atoms with Crippen LogP contribution in [-0.2, 0) is 4.74 Å². The van der Waals surface area contributed by atoms with Gasteiger partial charge in [0.25, 0.3) is 0 Å². The summed E-state index contributed by atoms with van der Waals surface area (Å²) >= 11 is 0. The Bertz CT molecular complexity index is 97.6. The Balaban J connectivity index is 2.06. The quantitative estimate of drug-likeness (QED) is 0.582. The molecule has 1 rings (SSSR count). The first kappa shape index (κ1) is 7.98. The van der Waals surface area contributed by atoms with Gasteiger partial charge in [0.1, 0.15) is 0 Å². The van der Waals surface area contributed by atoms with Crippen molar-refractivity contribution in [3.63, 3.8) is 0 Å². The summed E-state index contributed by atoms with van der Waals surface area (Å²) in [5.41, 5.74) is 5.65. The number of nitrogens with two attached hydrogens (primary N) is 1. The fraction of sp³-hybridized carbons (Fsp3) is 1.00. The lowest BCUT2D eigenvalue weighted by atomic mass is 10.3. The number of hydrogen-bond donors (Lipinski definition) is 2. The maximum Gasteiger partial charge on any atom is 0.0701 e. The van der Waals surface area contributed by atoms with Crippen molar-refractivity contribution in [1.29, 1.82) is 0 Å². The van der Waals surface area contributed by atoms with Gasteiger partial charge in [-0.3, -0.25) is 0 Å². The monoisotopic (exact) mass is 145 g/mol. The second kappa shape index (κ2) is 3.91. The lowest BCUT2D eigenvalue weighted by Gasteiger charge is -2.08. The standard InChI is InChI=1S/C7H15NO2/c8-6-1-2-7(5-6)10-4-3-9/h6-7,9H,1-5,8H2/t6?,7-/m1/s1. The normalized spacial score (nSPS) is 33.0. The minimum absolute atomic E-state index is 0.117. The van der Waals surface area contributed by atoms with Crippen LogP contribution in [0.5, 0.6) is 0 Å². The van der Waals surface area contributed by atoms with Crippen molar-refractivity contribution >= 4 is 0 Å². The van der Waals surface area contributed by atoms with Crippen LogP contribution in [0.15, 0.2) is 0 Å². The molecule has 0 bridgehead atoms. The molecular formula is C7H15NO2. The van der Waals surface area contributed by atoms with Crippen LogP contribution in [0.25, 0.3) is 0 Å². The van der Waals surface area contributed by atoms with Crippen LogP contribution in [0.4, 0.5) is 0 Å². The van der Waals surface area contributed by atoms with E-state index >= 15 is 0 Å². The van der Waals surface area contributed by atoms with Gasteiger partial charge in [0.15, 0.2) is 0 Å². The Morgan fingerprint density at radius 2 is 2.30 bits per heavy atom. The van der Waals surface area contributed by atoms with Gasteiger partial charge < -0.3 is 15.6 Å². The first-order valence-corrected chi connectivity index (χ1v) is 3.81. The molecule has 2 atom stereocenters. The molecule has 3 nitrogen and oxygen atoms in total. The van der Waals surface area contributed by atoms with Gasteiger partial charge in [-0.25, -0.2) is 0 Å². The molecule has 3 heteroatoms. The maximum atomic E-state index is 8.44. The molecule has 1 fully saturated rings. The minimum atomic E-state index is 0.117. The van der Waals surface area contributed by atoms with Gasteiger partial charge in [0, 0.05) is 6.04 Å². The van der Waals surface area contributed by atoms with Gasteiger partial charge in [0.2, 0.25) is 0 Å². The molecule has 0 heterocycles. The van der Waals surface area contributed by atoms with E-state index in [0.717, 1.165) is 19.3 Å². The third kappa shape index (κ3) is 2.25. The number of aliphatic hydroxyl groups excluding tert-OH is 1. The van der Waals surface area contributed by atoms with Crippen LogP contribution >= 0.6 is 0 Å². The molecule has 0 amide bonds. The zero-order valence-electron chi connectivity index (χ0n) is 6.12. The van der Waals surface area contributed by atoms with Gasteiger partial charge >= 0.3 is 0 Å². The van der Waals surface area contributed by atoms with E-state index in [4.69, 9.17) is 15.6 Å². The van der Waals surface area contributed by atoms with Gasteiger partial charge in [0.05, 0.1) is 19.3 Å². The van der Waals surface area contributed by atoms with Crippen LogP contribution in [-0.4, -0.2) is 30.5 Å². The average molecular weight is 145 g/mol. The number of ether oxygens (including phenoxy) is 1. The highest BCUT2D eigenvalue weighted by atomic mass is 16.5. The van der Waals surface area contributed by atoms with Crippen molar-refractivity contribution in [3.8, 4) is 0 Å². The molecule has 0 aromatic rings. The molecule has 0 aromatic carbocycles. The Morgan fingerprint density at radius 1 is 1.50 bits per heavy atom. The van der Waals surface area contributed by atoms with Crippen LogP contribution in [0.2, 0.25) is 0 Å². The van der Waals surface area contributed by atoms with Gasteiger partial charge in [-0.2, -0.15) is 0 Å². The zero-order valence-corrected chi connectivity index (χ0v) is 6.12. The summed E-state index contributed by atoms with van der Waals surface area (Å²) in [5, 5.41) is 8.44. The second-order valence-electron chi connectivity index (χ2n) is 2.79. The third-order valence-corrected chi connectivity index (χ3v) is 1.87. The summed E-state index contributed by atoms with van der Waals surface area (Å²) in [6.45, 7) is 0.573. The largest absolute Gasteiger partial charge is 0.394 e. The Labute approximate surface area is 61.2 Å². The lowest BCUT2D eigenvalue weighted by Crippen LogP contribution is -2.18. The molecule has 0 saturated heterocycles. The Kier molecular flexibility index (Phi) is 3.12. The predicted octanol–water partition coefficient (Wildman–Crippen LogP) is -0.125. The molecule has 1 unspecified atom stereocenters. The summed E-state index contributed by atoms with van der Waals surface area (Å²) in [7, 11) is 0. The van der Waals surface area contributed by atoms with Crippen molar-refractivity contribution in [2.24, 2.45) is 5.73 Å². The van der Waals surface area contributed by atoms with Crippen molar-refractivity contribution in [2.75, 3.05) is 13.2 Å². The van der Waals surface area contributed by atoms with E-state index in [0.29, 0.717) is 18.8 Å². The van der Waals surface area contributed by atoms with Crippen LogP contribution in [0.3, 0.4) is 0 Å².